The summed E-state index contributed by atoms with van der Waals surface area (Å²) >= 11 is 0. The Morgan fingerprint density at radius 1 is 1.05 bits per heavy atom. The molecule has 1 rings (SSSR count). The molecule has 0 radical (unpaired) electrons. The average Bonchev–Trinajstić information content (AvgIpc) is 2.40. The van der Waals surface area contributed by atoms with Gasteiger partial charge in [0, 0.05) is 6.42 Å². The molecule has 4 heteroatoms. The zero-order valence-corrected chi connectivity index (χ0v) is 12.6. The van der Waals surface area contributed by atoms with Gasteiger partial charge in [0.1, 0.15) is 0 Å². The number of carbonyl (C=O) groups is 2. The third-order valence-corrected chi connectivity index (χ3v) is 2.44. The number of hydrogen-bond acceptors (Lipinski definition) is 3. The number of rotatable bonds is 5. The molecule has 0 bridgehead atoms. The van der Waals surface area contributed by atoms with Crippen molar-refractivity contribution in [2.24, 2.45) is 11.8 Å². The Morgan fingerprint density at radius 2 is 1.55 bits per heavy atom. The second-order valence-electron chi connectivity index (χ2n) is 5.05. The summed E-state index contributed by atoms with van der Waals surface area (Å²) in [5.74, 6) is -1.13. The Hall–Kier alpha value is -1.84. The molecule has 1 aromatic carbocycles. The molecule has 0 spiro atoms. The zero-order valence-electron chi connectivity index (χ0n) is 12.6. The lowest BCUT2D eigenvalue weighted by atomic mass is 10.2. The first-order valence-corrected chi connectivity index (χ1v) is 6.78. The molecular weight excluding hydrogens is 256 g/mol. The van der Waals surface area contributed by atoms with Crippen LogP contribution in [-0.4, -0.2) is 23.7 Å². The molecule has 20 heavy (non-hydrogen) atoms. The van der Waals surface area contributed by atoms with Gasteiger partial charge in [-0.25, -0.2) is 0 Å². The minimum absolute atomic E-state index is 0.0363. The van der Waals surface area contributed by atoms with Gasteiger partial charge in [0.25, 0.3) is 0 Å². The van der Waals surface area contributed by atoms with Gasteiger partial charge >= 0.3 is 11.9 Å². The van der Waals surface area contributed by atoms with Gasteiger partial charge < -0.3 is 9.84 Å². The summed E-state index contributed by atoms with van der Waals surface area (Å²) in [6.45, 7) is 7.43. The van der Waals surface area contributed by atoms with Gasteiger partial charge in [0.05, 0.1) is 18.4 Å². The van der Waals surface area contributed by atoms with E-state index in [-0.39, 0.29) is 17.8 Å². The molecule has 0 fully saturated rings. The molecule has 0 amide bonds. The van der Waals surface area contributed by atoms with Gasteiger partial charge in [-0.3, -0.25) is 9.59 Å². The molecule has 0 aliphatic carbocycles. The lowest BCUT2D eigenvalue weighted by Crippen LogP contribution is -2.13. The Morgan fingerprint density at radius 3 is 1.95 bits per heavy atom. The Bertz CT molecular complexity index is 396. The molecule has 0 aliphatic heterocycles. The van der Waals surface area contributed by atoms with Crippen molar-refractivity contribution in [1.29, 1.82) is 0 Å². The number of benzene rings is 1. The van der Waals surface area contributed by atoms with E-state index in [1.807, 2.05) is 44.2 Å². The molecule has 0 aliphatic rings. The maximum Gasteiger partial charge on any atom is 0.308 e. The van der Waals surface area contributed by atoms with Gasteiger partial charge in [0.15, 0.2) is 0 Å². The fourth-order valence-corrected chi connectivity index (χ4v) is 1.08. The Kier molecular flexibility index (Phi) is 9.09. The topological polar surface area (TPSA) is 63.6 Å². The molecule has 0 saturated heterocycles. The van der Waals surface area contributed by atoms with E-state index in [4.69, 9.17) is 9.84 Å². The number of ether oxygens (including phenoxy) is 1. The smallest absolute Gasteiger partial charge is 0.308 e. The van der Waals surface area contributed by atoms with Crippen LogP contribution in [0.15, 0.2) is 30.3 Å². The van der Waals surface area contributed by atoms with Crippen molar-refractivity contribution in [3.05, 3.63) is 35.9 Å². The lowest BCUT2D eigenvalue weighted by Gasteiger charge is -2.06. The summed E-state index contributed by atoms with van der Waals surface area (Å²) < 4.78 is 5.07. The van der Waals surface area contributed by atoms with E-state index in [0.29, 0.717) is 6.61 Å². The van der Waals surface area contributed by atoms with Crippen molar-refractivity contribution in [3.8, 4) is 0 Å². The van der Waals surface area contributed by atoms with Crippen LogP contribution in [0.1, 0.15) is 33.3 Å². The first kappa shape index (κ1) is 18.2. The van der Waals surface area contributed by atoms with E-state index in [2.05, 4.69) is 0 Å². The fourth-order valence-electron chi connectivity index (χ4n) is 1.08. The van der Waals surface area contributed by atoms with Crippen molar-refractivity contribution in [2.75, 3.05) is 6.61 Å². The summed E-state index contributed by atoms with van der Waals surface area (Å²) in [7, 11) is 0. The van der Waals surface area contributed by atoms with E-state index in [1.165, 1.54) is 5.56 Å². The van der Waals surface area contributed by atoms with Crippen LogP contribution in [0.5, 0.6) is 0 Å². The SMILES string of the molecule is CC(C)C(=O)O.CC(C)C(=O)OCCc1ccccc1. The molecule has 0 aromatic heterocycles. The van der Waals surface area contributed by atoms with E-state index >= 15 is 0 Å². The van der Waals surface area contributed by atoms with E-state index in [1.54, 1.807) is 13.8 Å². The van der Waals surface area contributed by atoms with Crippen molar-refractivity contribution < 1.29 is 19.4 Å². The lowest BCUT2D eigenvalue weighted by molar-refractivity contribution is -0.147. The predicted octanol–water partition coefficient (Wildman–Crippen LogP) is 3.16. The number of hydrogen-bond donors (Lipinski definition) is 1. The molecule has 0 unspecified atom stereocenters. The molecule has 1 N–H and O–H groups in total. The maximum atomic E-state index is 11.1. The Labute approximate surface area is 120 Å². The van der Waals surface area contributed by atoms with Crippen LogP contribution in [0.4, 0.5) is 0 Å². The quantitative estimate of drug-likeness (QED) is 0.841. The largest absolute Gasteiger partial charge is 0.481 e. The van der Waals surface area contributed by atoms with Crippen LogP contribution >= 0.6 is 0 Å². The molecule has 1 aromatic rings. The summed E-state index contributed by atoms with van der Waals surface area (Å²) in [4.78, 5) is 20.8. The highest BCUT2D eigenvalue weighted by Gasteiger charge is 2.07. The zero-order chi connectivity index (χ0) is 15.5. The first-order valence-electron chi connectivity index (χ1n) is 6.78. The van der Waals surface area contributed by atoms with Gasteiger partial charge in [-0.15, -0.1) is 0 Å². The summed E-state index contributed by atoms with van der Waals surface area (Å²) in [6, 6.07) is 10.0. The highest BCUT2D eigenvalue weighted by molar-refractivity contribution is 5.71. The van der Waals surface area contributed by atoms with E-state index < -0.39 is 5.97 Å². The van der Waals surface area contributed by atoms with Gasteiger partial charge in [-0.05, 0) is 5.56 Å². The first-order chi connectivity index (χ1) is 9.34. The average molecular weight is 280 g/mol. The van der Waals surface area contributed by atoms with Gasteiger partial charge in [-0.2, -0.15) is 0 Å². The summed E-state index contributed by atoms with van der Waals surface area (Å²) in [5, 5.41) is 7.99. The number of carbonyl (C=O) groups excluding carboxylic acids is 1. The van der Waals surface area contributed by atoms with Crippen molar-refractivity contribution in [2.45, 2.75) is 34.1 Å². The fraction of sp³-hybridized carbons (Fsp3) is 0.500. The van der Waals surface area contributed by atoms with Crippen molar-refractivity contribution in [1.82, 2.24) is 0 Å². The minimum Gasteiger partial charge on any atom is -0.481 e. The van der Waals surface area contributed by atoms with Crippen LogP contribution in [0.2, 0.25) is 0 Å². The van der Waals surface area contributed by atoms with E-state index in [9.17, 15) is 9.59 Å². The van der Waals surface area contributed by atoms with Crippen LogP contribution < -0.4 is 0 Å². The van der Waals surface area contributed by atoms with Crippen molar-refractivity contribution >= 4 is 11.9 Å². The molecule has 0 atom stereocenters. The maximum absolute atomic E-state index is 11.1. The summed E-state index contributed by atoms with van der Waals surface area (Å²) in [5.41, 5.74) is 1.20. The molecule has 0 saturated carbocycles. The minimum atomic E-state index is -0.741. The van der Waals surface area contributed by atoms with Crippen LogP contribution in [-0.2, 0) is 20.7 Å². The highest BCUT2D eigenvalue weighted by atomic mass is 16.5. The van der Waals surface area contributed by atoms with Crippen molar-refractivity contribution in [3.63, 3.8) is 0 Å². The third-order valence-electron chi connectivity index (χ3n) is 2.44. The van der Waals surface area contributed by atoms with Crippen LogP contribution in [0.25, 0.3) is 0 Å². The third kappa shape index (κ3) is 9.14. The van der Waals surface area contributed by atoms with Crippen LogP contribution in [0.3, 0.4) is 0 Å². The monoisotopic (exact) mass is 280 g/mol. The number of esters is 1. The number of carboxylic acids is 1. The number of carboxylic acid groups (broad SMARTS) is 1. The molecule has 112 valence electrons. The van der Waals surface area contributed by atoms with E-state index in [0.717, 1.165) is 6.42 Å². The predicted molar refractivity (Wildman–Crippen MR) is 78.4 cm³/mol. The Balaban J connectivity index is 0.000000511. The van der Waals surface area contributed by atoms with Gasteiger partial charge in [0.2, 0.25) is 0 Å². The molecule has 0 heterocycles. The summed E-state index contributed by atoms with van der Waals surface area (Å²) in [6.07, 6.45) is 0.791. The normalized spacial score (nSPS) is 9.90. The standard InChI is InChI=1S/C12H16O2.C4H8O2/c1-10(2)12(13)14-9-8-11-6-4-3-5-7-11;1-3(2)4(5)6/h3-7,10H,8-9H2,1-2H3;3H,1-2H3,(H,5,6). The van der Waals surface area contributed by atoms with Crippen LogP contribution in [0, 0.1) is 11.8 Å². The second-order valence-corrected chi connectivity index (χ2v) is 5.05. The highest BCUT2D eigenvalue weighted by Crippen LogP contribution is 2.01. The van der Waals surface area contributed by atoms with Gasteiger partial charge in [-0.1, -0.05) is 58.0 Å². The molecular formula is C16H24O4. The second kappa shape index (κ2) is 10.0. The molecule has 4 nitrogen and oxygen atoms in total. The number of aliphatic carboxylic acids is 1.